The number of ketones is 2. The Bertz CT molecular complexity index is 1530. The summed E-state index contributed by atoms with van der Waals surface area (Å²) in [7, 11) is 3.11. The maximum atomic E-state index is 14.3. The molecule has 3 atom stereocenters. The predicted molar refractivity (Wildman–Crippen MR) is 149 cm³/mol. The number of methoxy groups -OCH3 is 2. The quantitative estimate of drug-likeness (QED) is 0.238. The highest BCUT2D eigenvalue weighted by Gasteiger charge is 2.47. The molecule has 1 heterocycles. The third-order valence-corrected chi connectivity index (χ3v) is 7.35. The Morgan fingerprint density at radius 1 is 0.846 bits per heavy atom. The summed E-state index contributed by atoms with van der Waals surface area (Å²) in [5, 5.41) is 11.3. The maximum Gasteiger partial charge on any atom is 0.174 e. The van der Waals surface area contributed by atoms with Crippen LogP contribution in [0.15, 0.2) is 84.9 Å². The van der Waals surface area contributed by atoms with Gasteiger partial charge in [0.1, 0.15) is 29.1 Å². The number of benzene rings is 4. The lowest BCUT2D eigenvalue weighted by molar-refractivity contribution is 0.0548. The van der Waals surface area contributed by atoms with E-state index in [2.05, 4.69) is 0 Å². The van der Waals surface area contributed by atoms with E-state index in [-0.39, 0.29) is 27.7 Å². The SMILES string of the molecule is COc1ccc([C@@H](C(=O)c2cc(Cl)ccc2O)[C@@H]2C(=O)c3cc(Cl)ccc3O[C@H]2c2ccc(OC)cc2)cc1. The molecule has 0 bridgehead atoms. The Morgan fingerprint density at radius 2 is 1.44 bits per heavy atom. The van der Waals surface area contributed by atoms with Gasteiger partial charge in [0.2, 0.25) is 0 Å². The van der Waals surface area contributed by atoms with Crippen molar-refractivity contribution in [2.24, 2.45) is 5.92 Å². The van der Waals surface area contributed by atoms with Crippen LogP contribution in [0.4, 0.5) is 0 Å². The van der Waals surface area contributed by atoms with Gasteiger partial charge in [0.25, 0.3) is 0 Å². The average Bonchev–Trinajstić information content (AvgIpc) is 2.96. The van der Waals surface area contributed by atoms with Gasteiger partial charge in [-0.3, -0.25) is 9.59 Å². The Balaban J connectivity index is 1.72. The van der Waals surface area contributed by atoms with Crippen LogP contribution >= 0.6 is 23.2 Å². The second kappa shape index (κ2) is 11.0. The number of hydrogen-bond acceptors (Lipinski definition) is 6. The van der Waals surface area contributed by atoms with Gasteiger partial charge in [-0.25, -0.2) is 0 Å². The summed E-state index contributed by atoms with van der Waals surface area (Å²) in [6, 6.07) is 23.1. The third kappa shape index (κ3) is 5.18. The standard InChI is InChI=1S/C31H24Cl2O6/c1-37-21-9-3-17(4-10-21)27(29(35)23-15-19(32)7-13-25(23)34)28-30(36)24-16-20(33)8-14-26(24)39-31(28)18-5-11-22(38-2)12-6-18/h3-16,27-28,31,34H,1-2H3/t27-,28-,31+/m1/s1. The van der Waals surface area contributed by atoms with Gasteiger partial charge in [0.05, 0.1) is 37.2 Å². The fourth-order valence-corrected chi connectivity index (χ4v) is 5.27. The number of hydrogen-bond donors (Lipinski definition) is 1. The highest BCUT2D eigenvalue weighted by atomic mass is 35.5. The van der Waals surface area contributed by atoms with Crippen LogP contribution in [0.25, 0.3) is 0 Å². The van der Waals surface area contributed by atoms with Crippen molar-refractivity contribution < 1.29 is 28.9 Å². The van der Waals surface area contributed by atoms with Crippen LogP contribution in [0.2, 0.25) is 10.0 Å². The Morgan fingerprint density at radius 3 is 2.08 bits per heavy atom. The van der Waals surface area contributed by atoms with E-state index in [1.807, 2.05) is 0 Å². The van der Waals surface area contributed by atoms with Gasteiger partial charge in [-0.05, 0) is 71.8 Å². The predicted octanol–water partition coefficient (Wildman–Crippen LogP) is 7.32. The number of rotatable bonds is 7. The van der Waals surface area contributed by atoms with E-state index in [4.69, 9.17) is 37.4 Å². The minimum absolute atomic E-state index is 0.00138. The highest BCUT2D eigenvalue weighted by Crippen LogP contribution is 2.47. The van der Waals surface area contributed by atoms with Gasteiger partial charge >= 0.3 is 0 Å². The van der Waals surface area contributed by atoms with Gasteiger partial charge in [-0.2, -0.15) is 0 Å². The minimum atomic E-state index is -1.05. The first-order valence-corrected chi connectivity index (χ1v) is 12.9. The van der Waals surface area contributed by atoms with E-state index in [0.717, 1.165) is 0 Å². The molecule has 1 aliphatic heterocycles. The summed E-state index contributed by atoms with van der Waals surface area (Å²) in [6.07, 6.45) is -0.838. The van der Waals surface area contributed by atoms with Crippen molar-refractivity contribution in [3.8, 4) is 23.0 Å². The third-order valence-electron chi connectivity index (χ3n) is 6.87. The minimum Gasteiger partial charge on any atom is -0.507 e. The Kier molecular flexibility index (Phi) is 7.51. The number of carbonyl (C=O) groups is 2. The van der Waals surface area contributed by atoms with Crippen molar-refractivity contribution >= 4 is 34.8 Å². The van der Waals surface area contributed by atoms with Crippen molar-refractivity contribution in [1.29, 1.82) is 0 Å². The van der Waals surface area contributed by atoms with Crippen molar-refractivity contribution in [3.63, 3.8) is 0 Å². The lowest BCUT2D eigenvalue weighted by atomic mass is 9.71. The lowest BCUT2D eigenvalue weighted by Crippen LogP contribution is -2.39. The summed E-state index contributed by atoms with van der Waals surface area (Å²) in [4.78, 5) is 28.5. The topological polar surface area (TPSA) is 82.1 Å². The summed E-state index contributed by atoms with van der Waals surface area (Å²) >= 11 is 12.5. The van der Waals surface area contributed by atoms with Crippen LogP contribution < -0.4 is 14.2 Å². The second-order valence-electron chi connectivity index (χ2n) is 9.12. The smallest absolute Gasteiger partial charge is 0.174 e. The molecular weight excluding hydrogens is 539 g/mol. The molecule has 1 aliphatic rings. The fraction of sp³-hybridized carbons (Fsp3) is 0.161. The molecule has 0 aromatic heterocycles. The van der Waals surface area contributed by atoms with Gasteiger partial charge in [0.15, 0.2) is 11.6 Å². The van der Waals surface area contributed by atoms with Crippen molar-refractivity contribution in [1.82, 2.24) is 0 Å². The molecule has 0 amide bonds. The first kappa shape index (κ1) is 26.6. The molecule has 0 saturated heterocycles. The van der Waals surface area contributed by atoms with Crippen molar-refractivity contribution in [2.45, 2.75) is 12.0 Å². The molecule has 198 valence electrons. The zero-order chi connectivity index (χ0) is 27.7. The van der Waals surface area contributed by atoms with Crippen LogP contribution in [-0.2, 0) is 0 Å². The van der Waals surface area contributed by atoms with Gasteiger partial charge < -0.3 is 19.3 Å². The second-order valence-corrected chi connectivity index (χ2v) is 9.99. The molecule has 4 aromatic carbocycles. The van der Waals surface area contributed by atoms with E-state index in [1.54, 1.807) is 80.9 Å². The molecule has 8 heteroatoms. The first-order valence-electron chi connectivity index (χ1n) is 12.1. The number of halogens is 2. The van der Waals surface area contributed by atoms with E-state index in [0.29, 0.717) is 33.4 Å². The zero-order valence-corrected chi connectivity index (χ0v) is 22.6. The maximum absolute atomic E-state index is 14.3. The molecule has 0 aliphatic carbocycles. The molecular formula is C31H24Cl2O6. The van der Waals surface area contributed by atoms with E-state index >= 15 is 0 Å². The number of carbonyl (C=O) groups excluding carboxylic acids is 2. The molecule has 6 nitrogen and oxygen atoms in total. The fourth-order valence-electron chi connectivity index (χ4n) is 4.93. The van der Waals surface area contributed by atoms with E-state index in [1.165, 1.54) is 18.2 Å². The summed E-state index contributed by atoms with van der Waals surface area (Å²) in [6.45, 7) is 0. The monoisotopic (exact) mass is 562 g/mol. The normalized spacial score (nSPS) is 17.1. The molecule has 4 aromatic rings. The molecule has 0 unspecified atom stereocenters. The van der Waals surface area contributed by atoms with E-state index in [9.17, 15) is 14.7 Å². The van der Waals surface area contributed by atoms with E-state index < -0.39 is 23.7 Å². The van der Waals surface area contributed by atoms with Crippen molar-refractivity contribution in [3.05, 3.63) is 117 Å². The van der Waals surface area contributed by atoms with Crippen LogP contribution in [0.1, 0.15) is 43.9 Å². The van der Waals surface area contributed by atoms with Crippen LogP contribution in [0, 0.1) is 5.92 Å². The molecule has 5 rings (SSSR count). The molecule has 39 heavy (non-hydrogen) atoms. The highest BCUT2D eigenvalue weighted by molar-refractivity contribution is 6.31. The van der Waals surface area contributed by atoms with Crippen LogP contribution in [0.3, 0.4) is 0 Å². The first-order chi connectivity index (χ1) is 18.8. The number of phenolic OH excluding ortho intramolecular Hbond substituents is 1. The Labute approximate surface area is 235 Å². The number of aromatic hydroxyl groups is 1. The number of phenols is 1. The molecule has 0 radical (unpaired) electrons. The van der Waals surface area contributed by atoms with Gasteiger partial charge in [-0.1, -0.05) is 47.5 Å². The van der Waals surface area contributed by atoms with Crippen molar-refractivity contribution in [2.75, 3.05) is 14.2 Å². The molecule has 0 fully saturated rings. The average molecular weight is 563 g/mol. The lowest BCUT2D eigenvalue weighted by Gasteiger charge is -2.37. The van der Waals surface area contributed by atoms with Crippen LogP contribution in [0.5, 0.6) is 23.0 Å². The molecule has 1 N–H and O–H groups in total. The summed E-state index contributed by atoms with van der Waals surface area (Å²) < 4.78 is 17.0. The Hall–Kier alpha value is -4.00. The number of Topliss-reactive ketones (excluding diaryl/α,β-unsaturated/α-hetero) is 2. The van der Waals surface area contributed by atoms with Crippen LogP contribution in [-0.4, -0.2) is 30.9 Å². The number of fused-ring (bicyclic) bond motifs is 1. The van der Waals surface area contributed by atoms with Gasteiger partial charge in [0, 0.05) is 10.0 Å². The summed E-state index contributed by atoms with van der Waals surface area (Å²) in [5.74, 6) is -1.50. The molecule has 0 spiro atoms. The molecule has 0 saturated carbocycles. The zero-order valence-electron chi connectivity index (χ0n) is 21.1. The largest absolute Gasteiger partial charge is 0.507 e. The van der Waals surface area contributed by atoms with Gasteiger partial charge in [-0.15, -0.1) is 0 Å². The number of ether oxygens (including phenoxy) is 3. The summed E-state index contributed by atoms with van der Waals surface area (Å²) in [5.41, 5.74) is 1.50.